The standard InChI is InChI=1S/C11H15F6NO3/c1-20-8(19)7(18-6-2-3-6)4-5-21-9(10(12,13)14)11(15,16)17/h6-7,9,18H,2-5H2,1H3. The number of carbonyl (C=O) groups excluding carboxylic acids is 1. The zero-order chi connectivity index (χ0) is 16.3. The summed E-state index contributed by atoms with van der Waals surface area (Å²) in [7, 11) is 1.08. The summed E-state index contributed by atoms with van der Waals surface area (Å²) in [5.41, 5.74) is 0. The molecular formula is C11H15F6NO3. The van der Waals surface area contributed by atoms with E-state index < -0.39 is 37.1 Å². The van der Waals surface area contributed by atoms with Gasteiger partial charge in [-0.2, -0.15) is 26.3 Å². The third-order valence-electron chi connectivity index (χ3n) is 2.79. The lowest BCUT2D eigenvalue weighted by atomic mass is 10.2. The molecule has 0 aromatic heterocycles. The van der Waals surface area contributed by atoms with Crippen molar-refractivity contribution < 1.29 is 40.6 Å². The SMILES string of the molecule is COC(=O)C(CCOC(C(F)(F)F)C(F)(F)F)NC1CC1. The Bertz CT molecular complexity index is 339. The van der Waals surface area contributed by atoms with E-state index in [9.17, 15) is 31.1 Å². The smallest absolute Gasteiger partial charge is 0.423 e. The predicted molar refractivity (Wildman–Crippen MR) is 58.4 cm³/mol. The molecule has 1 unspecified atom stereocenters. The van der Waals surface area contributed by atoms with E-state index in [0.29, 0.717) is 0 Å². The molecular weight excluding hydrogens is 308 g/mol. The van der Waals surface area contributed by atoms with Crippen LogP contribution < -0.4 is 5.32 Å². The highest BCUT2D eigenvalue weighted by molar-refractivity contribution is 5.75. The van der Waals surface area contributed by atoms with Gasteiger partial charge in [-0.1, -0.05) is 0 Å². The topological polar surface area (TPSA) is 47.6 Å². The summed E-state index contributed by atoms with van der Waals surface area (Å²) in [5.74, 6) is -0.749. The summed E-state index contributed by atoms with van der Waals surface area (Å²) in [6.07, 6.45) is -13.7. The molecule has 0 spiro atoms. The average molecular weight is 323 g/mol. The van der Waals surface area contributed by atoms with Gasteiger partial charge in [0.25, 0.3) is 0 Å². The molecule has 1 atom stereocenters. The molecule has 10 heteroatoms. The number of esters is 1. The molecule has 0 radical (unpaired) electrons. The van der Waals surface area contributed by atoms with Gasteiger partial charge < -0.3 is 14.8 Å². The molecule has 124 valence electrons. The van der Waals surface area contributed by atoms with Crippen molar-refractivity contribution in [3.8, 4) is 0 Å². The second-order valence-corrected chi connectivity index (χ2v) is 4.64. The minimum absolute atomic E-state index is 0.0372. The molecule has 0 aromatic rings. The van der Waals surface area contributed by atoms with E-state index in [2.05, 4.69) is 14.8 Å². The summed E-state index contributed by atoms with van der Waals surface area (Å²) in [5, 5.41) is 2.78. The molecule has 21 heavy (non-hydrogen) atoms. The molecule has 1 N–H and O–H groups in total. The molecule has 1 saturated carbocycles. The fourth-order valence-corrected chi connectivity index (χ4v) is 1.62. The van der Waals surface area contributed by atoms with E-state index >= 15 is 0 Å². The summed E-state index contributed by atoms with van der Waals surface area (Å²) < 4.78 is 81.7. The first-order valence-corrected chi connectivity index (χ1v) is 6.14. The summed E-state index contributed by atoms with van der Waals surface area (Å²) in [6.45, 7) is -0.872. The van der Waals surface area contributed by atoms with Crippen LogP contribution in [0.2, 0.25) is 0 Å². The van der Waals surface area contributed by atoms with E-state index in [-0.39, 0.29) is 12.5 Å². The van der Waals surface area contributed by atoms with Crippen LogP contribution in [0.15, 0.2) is 0 Å². The number of alkyl halides is 6. The number of rotatable bonds is 7. The highest BCUT2D eigenvalue weighted by Gasteiger charge is 2.57. The normalized spacial score (nSPS) is 17.9. The molecule has 0 heterocycles. The number of nitrogens with one attached hydrogen (secondary N) is 1. The number of methoxy groups -OCH3 is 1. The zero-order valence-electron chi connectivity index (χ0n) is 11.1. The predicted octanol–water partition coefficient (Wildman–Crippen LogP) is 2.18. The lowest BCUT2D eigenvalue weighted by Crippen LogP contribution is -2.46. The number of carbonyl (C=O) groups is 1. The molecule has 0 saturated heterocycles. The third kappa shape index (κ3) is 6.08. The van der Waals surface area contributed by atoms with Crippen LogP contribution in [0.4, 0.5) is 26.3 Å². The van der Waals surface area contributed by atoms with Crippen LogP contribution in [0.1, 0.15) is 19.3 Å². The highest BCUT2D eigenvalue weighted by Crippen LogP contribution is 2.35. The van der Waals surface area contributed by atoms with Crippen molar-refractivity contribution in [3.63, 3.8) is 0 Å². The molecule has 1 rings (SSSR count). The maximum Gasteiger partial charge on any atom is 0.423 e. The number of ether oxygens (including phenoxy) is 2. The Hall–Kier alpha value is -1.03. The van der Waals surface area contributed by atoms with Crippen LogP contribution in [-0.2, 0) is 14.3 Å². The van der Waals surface area contributed by atoms with Crippen LogP contribution in [0.25, 0.3) is 0 Å². The molecule has 0 aromatic carbocycles. The monoisotopic (exact) mass is 323 g/mol. The first kappa shape index (κ1) is 18.0. The van der Waals surface area contributed by atoms with Crippen molar-refractivity contribution in [2.24, 2.45) is 0 Å². The van der Waals surface area contributed by atoms with Crippen LogP contribution in [-0.4, -0.2) is 50.2 Å². The summed E-state index contributed by atoms with van der Waals surface area (Å²) >= 11 is 0. The van der Waals surface area contributed by atoms with Crippen molar-refractivity contribution in [1.29, 1.82) is 0 Å². The van der Waals surface area contributed by atoms with Gasteiger partial charge in [-0.05, 0) is 19.3 Å². The number of hydrogen-bond donors (Lipinski definition) is 1. The maximum atomic E-state index is 12.2. The highest BCUT2D eigenvalue weighted by atomic mass is 19.4. The Morgan fingerprint density at radius 3 is 2.10 bits per heavy atom. The van der Waals surface area contributed by atoms with Gasteiger partial charge in [0, 0.05) is 12.6 Å². The fourth-order valence-electron chi connectivity index (χ4n) is 1.62. The van der Waals surface area contributed by atoms with Crippen LogP contribution in [0, 0.1) is 0 Å². The quantitative estimate of drug-likeness (QED) is 0.576. The minimum Gasteiger partial charge on any atom is -0.468 e. The van der Waals surface area contributed by atoms with Crippen LogP contribution >= 0.6 is 0 Å². The van der Waals surface area contributed by atoms with Gasteiger partial charge >= 0.3 is 18.3 Å². The van der Waals surface area contributed by atoms with Crippen molar-refractivity contribution in [2.45, 2.75) is 49.8 Å². The molecule has 1 aliphatic rings. The molecule has 4 nitrogen and oxygen atoms in total. The molecule has 1 aliphatic carbocycles. The average Bonchev–Trinajstić information content (AvgIpc) is 3.12. The molecule has 1 fully saturated rings. The Balaban J connectivity index is 2.52. The maximum absolute atomic E-state index is 12.2. The van der Waals surface area contributed by atoms with E-state index in [1.165, 1.54) is 0 Å². The lowest BCUT2D eigenvalue weighted by Gasteiger charge is -2.24. The Kier molecular flexibility index (Phi) is 5.85. The van der Waals surface area contributed by atoms with E-state index in [0.717, 1.165) is 20.0 Å². The van der Waals surface area contributed by atoms with Gasteiger partial charge in [0.05, 0.1) is 7.11 Å². The first-order chi connectivity index (χ1) is 9.55. The second-order valence-electron chi connectivity index (χ2n) is 4.64. The van der Waals surface area contributed by atoms with Crippen molar-refractivity contribution in [2.75, 3.05) is 13.7 Å². The van der Waals surface area contributed by atoms with Gasteiger partial charge in [-0.25, -0.2) is 0 Å². The van der Waals surface area contributed by atoms with Gasteiger partial charge in [0.1, 0.15) is 6.04 Å². The minimum atomic E-state index is -5.55. The summed E-state index contributed by atoms with van der Waals surface area (Å²) in [4.78, 5) is 11.4. The number of hydrogen-bond acceptors (Lipinski definition) is 4. The molecule has 0 aliphatic heterocycles. The largest absolute Gasteiger partial charge is 0.468 e. The Morgan fingerprint density at radius 1 is 1.19 bits per heavy atom. The van der Waals surface area contributed by atoms with Crippen molar-refractivity contribution in [3.05, 3.63) is 0 Å². The molecule has 0 bridgehead atoms. The van der Waals surface area contributed by atoms with E-state index in [4.69, 9.17) is 0 Å². The Labute approximate surface area is 116 Å². The summed E-state index contributed by atoms with van der Waals surface area (Å²) in [6, 6.07) is -0.945. The first-order valence-electron chi connectivity index (χ1n) is 6.14. The van der Waals surface area contributed by atoms with Crippen LogP contribution in [0.3, 0.4) is 0 Å². The van der Waals surface area contributed by atoms with Gasteiger partial charge in [-0.3, -0.25) is 4.79 Å². The van der Waals surface area contributed by atoms with Crippen molar-refractivity contribution in [1.82, 2.24) is 5.32 Å². The van der Waals surface area contributed by atoms with Gasteiger partial charge in [-0.15, -0.1) is 0 Å². The van der Waals surface area contributed by atoms with Crippen LogP contribution in [0.5, 0.6) is 0 Å². The number of halogens is 6. The fraction of sp³-hybridized carbons (Fsp3) is 0.909. The Morgan fingerprint density at radius 2 is 1.71 bits per heavy atom. The molecule has 0 amide bonds. The third-order valence-corrected chi connectivity index (χ3v) is 2.79. The van der Waals surface area contributed by atoms with Crippen molar-refractivity contribution >= 4 is 5.97 Å². The lowest BCUT2D eigenvalue weighted by molar-refractivity contribution is -0.322. The zero-order valence-corrected chi connectivity index (χ0v) is 11.1. The van der Waals surface area contributed by atoms with E-state index in [1.54, 1.807) is 0 Å². The second kappa shape index (κ2) is 6.82. The van der Waals surface area contributed by atoms with Gasteiger partial charge in [0.2, 0.25) is 6.10 Å². The van der Waals surface area contributed by atoms with Gasteiger partial charge in [0.15, 0.2) is 0 Å². The van der Waals surface area contributed by atoms with E-state index in [1.807, 2.05) is 0 Å².